The third-order valence-corrected chi connectivity index (χ3v) is 4.17. The summed E-state index contributed by atoms with van der Waals surface area (Å²) in [5, 5.41) is 3.05. The number of hydrogen-bond donors (Lipinski definition) is 0. The second-order valence-electron chi connectivity index (χ2n) is 4.54. The van der Waals surface area contributed by atoms with Crippen molar-refractivity contribution in [3.63, 3.8) is 0 Å². The van der Waals surface area contributed by atoms with E-state index in [0.29, 0.717) is 12.5 Å². The zero-order valence-corrected chi connectivity index (χ0v) is 13.3. The first-order valence-electron chi connectivity index (χ1n) is 6.88. The van der Waals surface area contributed by atoms with Crippen LogP contribution in [0.15, 0.2) is 29.8 Å². The molecule has 3 aromatic rings. The van der Waals surface area contributed by atoms with E-state index >= 15 is 0 Å². The van der Waals surface area contributed by atoms with E-state index in [2.05, 4.69) is 15.6 Å². The Hall–Kier alpha value is -1.59. The van der Waals surface area contributed by atoms with Gasteiger partial charge in [-0.2, -0.15) is 0 Å². The molecule has 0 aliphatic carbocycles. The molecule has 0 atom stereocenters. The summed E-state index contributed by atoms with van der Waals surface area (Å²) in [7, 11) is 0. The maximum atomic E-state index is 5.92. The van der Waals surface area contributed by atoms with Crippen molar-refractivity contribution in [1.82, 2.24) is 14.5 Å². The molecular weight excluding hydrogens is 306 g/mol. The molecule has 0 aliphatic heterocycles. The number of rotatable bonds is 6. The maximum absolute atomic E-state index is 5.92. The number of imidazole rings is 1. The van der Waals surface area contributed by atoms with Gasteiger partial charge in [0.05, 0.1) is 18.7 Å². The van der Waals surface area contributed by atoms with Gasteiger partial charge in [-0.25, -0.2) is 9.97 Å². The van der Waals surface area contributed by atoms with Crippen molar-refractivity contribution in [2.24, 2.45) is 0 Å². The van der Waals surface area contributed by atoms with E-state index in [0.717, 1.165) is 40.6 Å². The molecule has 0 spiro atoms. The fraction of sp³-hybridized carbons (Fsp3) is 0.333. The average Bonchev–Trinajstić information content (AvgIpc) is 3.10. The standard InChI is InChI=1S/C15H16ClN3OS/c1-2-20-12-5-3-4-11-15(12)18-13(6-7-16)19(11)10-14-17-8-9-21-14/h3-5,8-9H,2,6-7,10H2,1H3. The van der Waals surface area contributed by atoms with E-state index in [9.17, 15) is 0 Å². The van der Waals surface area contributed by atoms with Crippen LogP contribution in [0.5, 0.6) is 5.75 Å². The van der Waals surface area contributed by atoms with Crippen molar-refractivity contribution in [2.75, 3.05) is 12.5 Å². The molecule has 21 heavy (non-hydrogen) atoms. The van der Waals surface area contributed by atoms with Crippen molar-refractivity contribution in [3.05, 3.63) is 40.6 Å². The molecule has 1 aromatic carbocycles. The summed E-state index contributed by atoms with van der Waals surface area (Å²) in [6.45, 7) is 3.32. The number of aromatic nitrogens is 3. The predicted octanol–water partition coefficient (Wildman–Crippen LogP) is 3.72. The average molecular weight is 322 g/mol. The first-order chi connectivity index (χ1) is 10.3. The van der Waals surface area contributed by atoms with Crippen molar-refractivity contribution >= 4 is 34.0 Å². The van der Waals surface area contributed by atoms with Crippen LogP contribution >= 0.6 is 22.9 Å². The van der Waals surface area contributed by atoms with E-state index in [-0.39, 0.29) is 0 Å². The van der Waals surface area contributed by atoms with E-state index in [1.54, 1.807) is 11.3 Å². The van der Waals surface area contributed by atoms with Gasteiger partial charge in [-0.3, -0.25) is 0 Å². The van der Waals surface area contributed by atoms with E-state index in [1.807, 2.05) is 30.6 Å². The summed E-state index contributed by atoms with van der Waals surface area (Å²) in [5.74, 6) is 2.34. The summed E-state index contributed by atoms with van der Waals surface area (Å²) >= 11 is 7.57. The monoisotopic (exact) mass is 321 g/mol. The Kier molecular flexibility index (Phi) is 4.41. The Morgan fingerprint density at radius 2 is 2.29 bits per heavy atom. The fourth-order valence-corrected chi connectivity index (χ4v) is 3.13. The van der Waals surface area contributed by atoms with Crippen molar-refractivity contribution < 1.29 is 4.74 Å². The van der Waals surface area contributed by atoms with Crippen LogP contribution in [0.1, 0.15) is 17.8 Å². The number of hydrogen-bond acceptors (Lipinski definition) is 4. The smallest absolute Gasteiger partial charge is 0.147 e. The van der Waals surface area contributed by atoms with Crippen LogP contribution in [-0.4, -0.2) is 27.0 Å². The molecule has 6 heteroatoms. The first kappa shape index (κ1) is 14.4. The molecule has 0 N–H and O–H groups in total. The van der Waals surface area contributed by atoms with E-state index in [4.69, 9.17) is 21.3 Å². The van der Waals surface area contributed by atoms with Gasteiger partial charge in [0.2, 0.25) is 0 Å². The van der Waals surface area contributed by atoms with Gasteiger partial charge in [0.25, 0.3) is 0 Å². The third kappa shape index (κ3) is 2.89. The number of nitrogens with zero attached hydrogens (tertiary/aromatic N) is 3. The lowest BCUT2D eigenvalue weighted by Crippen LogP contribution is -2.05. The molecule has 0 saturated carbocycles. The number of ether oxygens (including phenoxy) is 1. The number of thiazole rings is 1. The quantitative estimate of drug-likeness (QED) is 0.650. The number of para-hydroxylation sites is 1. The Morgan fingerprint density at radius 1 is 1.38 bits per heavy atom. The SMILES string of the molecule is CCOc1cccc2c1nc(CCCl)n2Cc1nccs1. The largest absolute Gasteiger partial charge is 0.492 e. The second-order valence-corrected chi connectivity index (χ2v) is 5.89. The zero-order valence-electron chi connectivity index (χ0n) is 11.8. The highest BCUT2D eigenvalue weighted by molar-refractivity contribution is 7.09. The fourth-order valence-electron chi connectivity index (χ4n) is 2.36. The Balaban J connectivity index is 2.10. The summed E-state index contributed by atoms with van der Waals surface area (Å²) < 4.78 is 7.86. The van der Waals surface area contributed by atoms with Crippen LogP contribution in [0.25, 0.3) is 11.0 Å². The lowest BCUT2D eigenvalue weighted by atomic mass is 10.3. The van der Waals surface area contributed by atoms with Gasteiger partial charge in [0.1, 0.15) is 22.1 Å². The molecule has 0 amide bonds. The molecular formula is C15H16ClN3OS. The van der Waals surface area contributed by atoms with Crippen molar-refractivity contribution in [1.29, 1.82) is 0 Å². The van der Waals surface area contributed by atoms with Crippen LogP contribution in [0.2, 0.25) is 0 Å². The molecule has 4 nitrogen and oxygen atoms in total. The Morgan fingerprint density at radius 3 is 3.00 bits per heavy atom. The highest BCUT2D eigenvalue weighted by Crippen LogP contribution is 2.27. The normalized spacial score (nSPS) is 11.1. The summed E-state index contributed by atoms with van der Waals surface area (Å²) in [4.78, 5) is 9.10. The van der Waals surface area contributed by atoms with Gasteiger partial charge in [0.15, 0.2) is 0 Å². The highest BCUT2D eigenvalue weighted by Gasteiger charge is 2.14. The van der Waals surface area contributed by atoms with Crippen molar-refractivity contribution in [3.8, 4) is 5.75 Å². The summed E-state index contributed by atoms with van der Waals surface area (Å²) in [6, 6.07) is 6.02. The molecule has 0 radical (unpaired) electrons. The number of halogens is 1. The molecule has 0 fully saturated rings. The van der Waals surface area contributed by atoms with Crippen LogP contribution in [0, 0.1) is 0 Å². The minimum atomic E-state index is 0.547. The second kappa shape index (κ2) is 6.45. The highest BCUT2D eigenvalue weighted by atomic mass is 35.5. The van der Waals surface area contributed by atoms with Crippen LogP contribution in [0.3, 0.4) is 0 Å². The van der Waals surface area contributed by atoms with Gasteiger partial charge in [-0.05, 0) is 19.1 Å². The lowest BCUT2D eigenvalue weighted by Gasteiger charge is -2.07. The zero-order chi connectivity index (χ0) is 14.7. The number of benzene rings is 1. The number of fused-ring (bicyclic) bond motifs is 1. The molecule has 0 saturated heterocycles. The lowest BCUT2D eigenvalue weighted by molar-refractivity contribution is 0.343. The number of aryl methyl sites for hydroxylation is 1. The minimum Gasteiger partial charge on any atom is -0.492 e. The first-order valence-corrected chi connectivity index (χ1v) is 8.30. The molecule has 0 bridgehead atoms. The maximum Gasteiger partial charge on any atom is 0.147 e. The van der Waals surface area contributed by atoms with E-state index in [1.165, 1.54) is 0 Å². The molecule has 2 aromatic heterocycles. The van der Waals surface area contributed by atoms with Crippen LogP contribution < -0.4 is 4.74 Å². The molecule has 3 rings (SSSR count). The summed E-state index contributed by atoms with van der Waals surface area (Å²) in [6.07, 6.45) is 2.55. The molecule has 0 unspecified atom stereocenters. The molecule has 2 heterocycles. The van der Waals surface area contributed by atoms with Gasteiger partial charge in [-0.1, -0.05) is 6.07 Å². The van der Waals surface area contributed by atoms with Gasteiger partial charge < -0.3 is 9.30 Å². The minimum absolute atomic E-state index is 0.547. The van der Waals surface area contributed by atoms with Gasteiger partial charge >= 0.3 is 0 Å². The van der Waals surface area contributed by atoms with E-state index < -0.39 is 0 Å². The molecule has 110 valence electrons. The van der Waals surface area contributed by atoms with Crippen LogP contribution in [0.4, 0.5) is 0 Å². The Labute approximate surface area is 132 Å². The van der Waals surface area contributed by atoms with Crippen molar-refractivity contribution in [2.45, 2.75) is 19.9 Å². The molecule has 0 aliphatic rings. The van der Waals surface area contributed by atoms with Gasteiger partial charge in [-0.15, -0.1) is 22.9 Å². The third-order valence-electron chi connectivity index (χ3n) is 3.22. The van der Waals surface area contributed by atoms with Gasteiger partial charge in [0, 0.05) is 23.9 Å². The Bertz CT molecular complexity index is 724. The van der Waals surface area contributed by atoms with Crippen LogP contribution in [-0.2, 0) is 13.0 Å². The predicted molar refractivity (Wildman–Crippen MR) is 86.5 cm³/mol. The summed E-state index contributed by atoms with van der Waals surface area (Å²) in [5.41, 5.74) is 1.97. The topological polar surface area (TPSA) is 39.9 Å². The number of alkyl halides is 1.